The highest BCUT2D eigenvalue weighted by Gasteiger charge is 2.27. The third-order valence-electron chi connectivity index (χ3n) is 3.58. The van der Waals surface area contributed by atoms with Crippen molar-refractivity contribution in [1.82, 2.24) is 5.32 Å². The fourth-order valence-corrected chi connectivity index (χ4v) is 2.85. The number of rotatable bonds is 4. The molecule has 1 aromatic rings. The van der Waals surface area contributed by atoms with E-state index in [9.17, 15) is 0 Å². The van der Waals surface area contributed by atoms with E-state index < -0.39 is 0 Å². The lowest BCUT2D eigenvalue weighted by Gasteiger charge is -2.34. The SMILES string of the molecule is CNC(Cc1c(Cl)cccc1Cl)C1CCC1. The Balaban J connectivity index is 2.11. The summed E-state index contributed by atoms with van der Waals surface area (Å²) in [5, 5.41) is 4.96. The number of hydrogen-bond donors (Lipinski definition) is 1. The van der Waals surface area contributed by atoms with Gasteiger partial charge in [0.1, 0.15) is 0 Å². The average molecular weight is 258 g/mol. The first-order valence-electron chi connectivity index (χ1n) is 5.82. The Morgan fingerprint density at radius 3 is 2.38 bits per heavy atom. The van der Waals surface area contributed by atoms with E-state index in [0.717, 1.165) is 27.9 Å². The quantitative estimate of drug-likeness (QED) is 0.863. The summed E-state index contributed by atoms with van der Waals surface area (Å²) in [4.78, 5) is 0. The maximum Gasteiger partial charge on any atom is 0.0453 e. The Bertz CT molecular complexity index is 341. The van der Waals surface area contributed by atoms with E-state index in [1.165, 1.54) is 19.3 Å². The number of halogens is 2. The molecule has 1 aliphatic carbocycles. The molecule has 1 fully saturated rings. The van der Waals surface area contributed by atoms with Crippen LogP contribution in [-0.2, 0) is 6.42 Å². The molecule has 0 radical (unpaired) electrons. The van der Waals surface area contributed by atoms with Crippen LogP contribution in [0.15, 0.2) is 18.2 Å². The zero-order valence-electron chi connectivity index (χ0n) is 9.47. The first-order chi connectivity index (χ1) is 7.72. The van der Waals surface area contributed by atoms with Crippen LogP contribution >= 0.6 is 23.2 Å². The molecule has 1 atom stereocenters. The predicted octanol–water partition coefficient (Wildman–Crippen LogP) is 3.92. The summed E-state index contributed by atoms with van der Waals surface area (Å²) in [6.45, 7) is 0. The Hall–Kier alpha value is -0.240. The Morgan fingerprint density at radius 1 is 1.31 bits per heavy atom. The number of hydrogen-bond acceptors (Lipinski definition) is 1. The Morgan fingerprint density at radius 2 is 1.94 bits per heavy atom. The fraction of sp³-hybridized carbons (Fsp3) is 0.538. The van der Waals surface area contributed by atoms with Crippen LogP contribution in [0.1, 0.15) is 24.8 Å². The summed E-state index contributed by atoms with van der Waals surface area (Å²) in [5.74, 6) is 0.789. The van der Waals surface area contributed by atoms with Gasteiger partial charge in [-0.2, -0.15) is 0 Å². The molecule has 1 aromatic carbocycles. The molecule has 3 heteroatoms. The molecule has 1 nitrogen and oxygen atoms in total. The summed E-state index contributed by atoms with van der Waals surface area (Å²) in [6, 6.07) is 6.23. The number of benzene rings is 1. The van der Waals surface area contributed by atoms with Gasteiger partial charge in [-0.15, -0.1) is 0 Å². The molecule has 1 saturated carbocycles. The molecule has 0 heterocycles. The van der Waals surface area contributed by atoms with Gasteiger partial charge in [0.25, 0.3) is 0 Å². The van der Waals surface area contributed by atoms with Crippen molar-refractivity contribution in [1.29, 1.82) is 0 Å². The van der Waals surface area contributed by atoms with Crippen molar-refractivity contribution in [2.45, 2.75) is 31.7 Å². The zero-order chi connectivity index (χ0) is 11.5. The molecular formula is C13H17Cl2N. The highest BCUT2D eigenvalue weighted by atomic mass is 35.5. The minimum atomic E-state index is 0.506. The highest BCUT2D eigenvalue weighted by molar-refractivity contribution is 6.36. The van der Waals surface area contributed by atoms with Gasteiger partial charge in [0.2, 0.25) is 0 Å². The molecule has 0 saturated heterocycles. The maximum absolute atomic E-state index is 6.18. The van der Waals surface area contributed by atoms with Crippen LogP contribution in [-0.4, -0.2) is 13.1 Å². The zero-order valence-corrected chi connectivity index (χ0v) is 11.0. The molecule has 0 amide bonds. The van der Waals surface area contributed by atoms with Gasteiger partial charge in [-0.1, -0.05) is 35.7 Å². The van der Waals surface area contributed by atoms with Gasteiger partial charge < -0.3 is 5.32 Å². The second-order valence-corrected chi connectivity index (χ2v) is 5.30. The van der Waals surface area contributed by atoms with Crippen LogP contribution in [0, 0.1) is 5.92 Å². The van der Waals surface area contributed by atoms with Crippen molar-refractivity contribution in [3.8, 4) is 0 Å². The van der Waals surface area contributed by atoms with E-state index in [1.807, 2.05) is 25.2 Å². The smallest absolute Gasteiger partial charge is 0.0453 e. The van der Waals surface area contributed by atoms with E-state index in [1.54, 1.807) is 0 Å². The second kappa shape index (κ2) is 5.39. The van der Waals surface area contributed by atoms with Gasteiger partial charge in [0, 0.05) is 16.1 Å². The van der Waals surface area contributed by atoms with Gasteiger partial charge in [-0.05, 0) is 49.9 Å². The molecule has 16 heavy (non-hydrogen) atoms. The maximum atomic E-state index is 6.18. The van der Waals surface area contributed by atoms with Crippen molar-refractivity contribution in [2.24, 2.45) is 5.92 Å². The molecule has 0 aliphatic heterocycles. The fourth-order valence-electron chi connectivity index (χ4n) is 2.29. The van der Waals surface area contributed by atoms with Crippen LogP contribution in [0.4, 0.5) is 0 Å². The van der Waals surface area contributed by atoms with Gasteiger partial charge in [-0.3, -0.25) is 0 Å². The van der Waals surface area contributed by atoms with Crippen molar-refractivity contribution in [3.63, 3.8) is 0 Å². The molecule has 1 aliphatic rings. The Labute approximate surface area is 107 Å². The standard InChI is InChI=1S/C13H17Cl2N/c1-16-13(9-4-2-5-9)8-10-11(14)6-3-7-12(10)15/h3,6-7,9,13,16H,2,4-5,8H2,1H3. The largest absolute Gasteiger partial charge is 0.316 e. The lowest BCUT2D eigenvalue weighted by Crippen LogP contribution is -2.39. The summed E-state index contributed by atoms with van der Waals surface area (Å²) in [6.07, 6.45) is 4.94. The lowest BCUT2D eigenvalue weighted by molar-refractivity contribution is 0.236. The summed E-state index contributed by atoms with van der Waals surface area (Å²) in [5.41, 5.74) is 1.08. The molecule has 88 valence electrons. The van der Waals surface area contributed by atoms with Crippen LogP contribution in [0.5, 0.6) is 0 Å². The summed E-state index contributed by atoms with van der Waals surface area (Å²) >= 11 is 12.4. The molecule has 0 aromatic heterocycles. The normalized spacial score (nSPS) is 18.2. The van der Waals surface area contributed by atoms with E-state index in [0.29, 0.717) is 6.04 Å². The van der Waals surface area contributed by atoms with E-state index in [-0.39, 0.29) is 0 Å². The van der Waals surface area contributed by atoms with Crippen LogP contribution in [0.25, 0.3) is 0 Å². The second-order valence-electron chi connectivity index (χ2n) is 4.49. The number of likely N-dealkylation sites (N-methyl/N-ethyl adjacent to an activating group) is 1. The van der Waals surface area contributed by atoms with Crippen LogP contribution in [0.3, 0.4) is 0 Å². The van der Waals surface area contributed by atoms with Crippen molar-refractivity contribution in [2.75, 3.05) is 7.05 Å². The van der Waals surface area contributed by atoms with Crippen LogP contribution < -0.4 is 5.32 Å². The topological polar surface area (TPSA) is 12.0 Å². The van der Waals surface area contributed by atoms with Gasteiger partial charge in [0.05, 0.1) is 0 Å². The van der Waals surface area contributed by atoms with Crippen molar-refractivity contribution < 1.29 is 0 Å². The minimum absolute atomic E-state index is 0.506. The van der Waals surface area contributed by atoms with Crippen molar-refractivity contribution in [3.05, 3.63) is 33.8 Å². The lowest BCUT2D eigenvalue weighted by atomic mass is 9.77. The molecule has 1 unspecified atom stereocenters. The monoisotopic (exact) mass is 257 g/mol. The predicted molar refractivity (Wildman–Crippen MR) is 70.4 cm³/mol. The van der Waals surface area contributed by atoms with Gasteiger partial charge >= 0.3 is 0 Å². The third-order valence-corrected chi connectivity index (χ3v) is 4.28. The molecule has 1 N–H and O–H groups in total. The van der Waals surface area contributed by atoms with Crippen molar-refractivity contribution >= 4 is 23.2 Å². The Kier molecular flexibility index (Phi) is 4.12. The minimum Gasteiger partial charge on any atom is -0.316 e. The van der Waals surface area contributed by atoms with E-state index in [4.69, 9.17) is 23.2 Å². The highest BCUT2D eigenvalue weighted by Crippen LogP contribution is 2.33. The van der Waals surface area contributed by atoms with Crippen LogP contribution in [0.2, 0.25) is 10.0 Å². The molecule has 0 spiro atoms. The average Bonchev–Trinajstić information content (AvgIpc) is 2.19. The first kappa shape index (κ1) is 12.2. The molecule has 0 bridgehead atoms. The van der Waals surface area contributed by atoms with Gasteiger partial charge in [0.15, 0.2) is 0 Å². The van der Waals surface area contributed by atoms with Gasteiger partial charge in [-0.25, -0.2) is 0 Å². The molecule has 2 rings (SSSR count). The third kappa shape index (κ3) is 2.53. The summed E-state index contributed by atoms with van der Waals surface area (Å²) < 4.78 is 0. The first-order valence-corrected chi connectivity index (χ1v) is 6.58. The number of nitrogens with one attached hydrogen (secondary N) is 1. The van der Waals surface area contributed by atoms with E-state index in [2.05, 4.69) is 5.32 Å². The summed E-state index contributed by atoms with van der Waals surface area (Å²) in [7, 11) is 2.02. The molecular weight excluding hydrogens is 241 g/mol. The van der Waals surface area contributed by atoms with E-state index >= 15 is 0 Å².